The summed E-state index contributed by atoms with van der Waals surface area (Å²) >= 11 is 0. The van der Waals surface area contributed by atoms with E-state index in [2.05, 4.69) is 15.5 Å². The van der Waals surface area contributed by atoms with Crippen LogP contribution < -0.4 is 5.32 Å². The molecular weight excluding hydrogens is 320 g/mol. The fraction of sp³-hybridized carbons (Fsp3) is 0.333. The Balaban J connectivity index is 1.57. The number of fused-ring (bicyclic) bond motifs is 1. The van der Waals surface area contributed by atoms with Crippen molar-refractivity contribution in [3.63, 3.8) is 0 Å². The van der Waals surface area contributed by atoms with Gasteiger partial charge >= 0.3 is 0 Å². The molecule has 7 nitrogen and oxygen atoms in total. The predicted molar refractivity (Wildman–Crippen MR) is 90.6 cm³/mol. The molecule has 25 heavy (non-hydrogen) atoms. The Morgan fingerprint density at radius 2 is 1.92 bits per heavy atom. The van der Waals surface area contributed by atoms with Crippen LogP contribution in [0.5, 0.6) is 0 Å². The zero-order valence-corrected chi connectivity index (χ0v) is 14.0. The number of hydrogen-bond donors (Lipinski definition) is 2. The second-order valence-electron chi connectivity index (χ2n) is 6.79. The van der Waals surface area contributed by atoms with Gasteiger partial charge in [0.25, 0.3) is 17.7 Å². The van der Waals surface area contributed by atoms with Gasteiger partial charge in [0.15, 0.2) is 5.82 Å². The number of carbonyl (C=O) groups excluding carboxylic acids is 3. The fourth-order valence-electron chi connectivity index (χ4n) is 2.95. The second kappa shape index (κ2) is 5.54. The number of nitrogens with one attached hydrogen (secondary N) is 2. The molecule has 2 aliphatic rings. The van der Waals surface area contributed by atoms with E-state index in [-0.39, 0.29) is 29.7 Å². The first-order chi connectivity index (χ1) is 12.0. The Morgan fingerprint density at radius 1 is 1.20 bits per heavy atom. The number of nitrogens with zero attached hydrogens (tertiary/aromatic N) is 2. The Labute approximate surface area is 144 Å². The molecule has 4 rings (SSSR count). The van der Waals surface area contributed by atoms with Gasteiger partial charge in [-0.3, -0.25) is 24.4 Å². The molecule has 0 radical (unpaired) electrons. The van der Waals surface area contributed by atoms with E-state index in [1.165, 1.54) is 11.0 Å². The van der Waals surface area contributed by atoms with Crippen molar-refractivity contribution in [2.24, 2.45) is 0 Å². The van der Waals surface area contributed by atoms with Crippen molar-refractivity contribution in [3.05, 3.63) is 46.6 Å². The largest absolute Gasteiger partial charge is 0.305 e. The Bertz CT molecular complexity index is 895. The summed E-state index contributed by atoms with van der Waals surface area (Å²) < 4.78 is 0. The van der Waals surface area contributed by atoms with E-state index < -0.39 is 0 Å². The maximum absolute atomic E-state index is 12.5. The molecule has 1 saturated carbocycles. The molecule has 2 aromatic rings. The smallest absolute Gasteiger partial charge is 0.261 e. The van der Waals surface area contributed by atoms with Crippen molar-refractivity contribution in [3.8, 4) is 0 Å². The van der Waals surface area contributed by atoms with Crippen LogP contribution in [0.15, 0.2) is 24.3 Å². The van der Waals surface area contributed by atoms with Crippen molar-refractivity contribution >= 4 is 23.5 Å². The number of amides is 3. The average Bonchev–Trinajstić information content (AvgIpc) is 3.25. The Kier molecular flexibility index (Phi) is 3.45. The van der Waals surface area contributed by atoms with Crippen LogP contribution in [0.4, 0.5) is 5.82 Å². The summed E-state index contributed by atoms with van der Waals surface area (Å²) in [5.41, 5.74) is 1.92. The van der Waals surface area contributed by atoms with E-state index >= 15 is 0 Å². The number of anilines is 1. The minimum absolute atomic E-state index is 0.0168. The SMILES string of the molecule is CC(C)c1cc(NC(=O)c2ccc3c(c2)C(=O)N(C2CC2)C3=O)n[nH]1. The van der Waals surface area contributed by atoms with Gasteiger partial charge in [-0.15, -0.1) is 0 Å². The summed E-state index contributed by atoms with van der Waals surface area (Å²) in [6, 6.07) is 6.40. The summed E-state index contributed by atoms with van der Waals surface area (Å²) in [4.78, 5) is 38.5. The van der Waals surface area contributed by atoms with E-state index in [0.717, 1.165) is 18.5 Å². The summed E-state index contributed by atoms with van der Waals surface area (Å²) in [6.45, 7) is 4.04. The molecule has 0 saturated heterocycles. The maximum Gasteiger partial charge on any atom is 0.261 e. The van der Waals surface area contributed by atoms with Crippen molar-refractivity contribution in [2.75, 3.05) is 5.32 Å². The summed E-state index contributed by atoms with van der Waals surface area (Å²) in [5.74, 6) is -0.233. The maximum atomic E-state index is 12.5. The third kappa shape index (κ3) is 2.61. The van der Waals surface area contributed by atoms with Gasteiger partial charge in [-0.25, -0.2) is 0 Å². The van der Waals surface area contributed by atoms with Gasteiger partial charge in [-0.05, 0) is 37.0 Å². The molecule has 1 aliphatic carbocycles. The van der Waals surface area contributed by atoms with Crippen LogP contribution in [-0.4, -0.2) is 38.9 Å². The quantitative estimate of drug-likeness (QED) is 0.838. The van der Waals surface area contributed by atoms with Crippen LogP contribution in [0.1, 0.15) is 69.4 Å². The van der Waals surface area contributed by atoms with Crippen LogP contribution in [-0.2, 0) is 0 Å². The molecule has 128 valence electrons. The fourth-order valence-corrected chi connectivity index (χ4v) is 2.95. The van der Waals surface area contributed by atoms with Gasteiger partial charge in [-0.2, -0.15) is 5.10 Å². The van der Waals surface area contributed by atoms with Crippen LogP contribution in [0.3, 0.4) is 0 Å². The van der Waals surface area contributed by atoms with Crippen LogP contribution in [0, 0.1) is 0 Å². The number of imide groups is 1. The van der Waals surface area contributed by atoms with Crippen LogP contribution in [0.2, 0.25) is 0 Å². The van der Waals surface area contributed by atoms with E-state index in [4.69, 9.17) is 0 Å². The zero-order chi connectivity index (χ0) is 17.7. The average molecular weight is 338 g/mol. The molecular formula is C18H18N4O3. The monoisotopic (exact) mass is 338 g/mol. The van der Waals surface area contributed by atoms with Crippen LogP contribution in [0.25, 0.3) is 0 Å². The molecule has 7 heteroatoms. The predicted octanol–water partition coefficient (Wildman–Crippen LogP) is 2.54. The molecule has 0 spiro atoms. The van der Waals surface area contributed by atoms with Gasteiger partial charge in [-0.1, -0.05) is 13.8 Å². The Hall–Kier alpha value is -2.96. The lowest BCUT2D eigenvalue weighted by atomic mass is 10.1. The van der Waals surface area contributed by atoms with E-state index in [0.29, 0.717) is 22.5 Å². The number of H-pyrrole nitrogens is 1. The molecule has 0 atom stereocenters. The number of rotatable bonds is 4. The number of hydrogen-bond acceptors (Lipinski definition) is 4. The Morgan fingerprint density at radius 3 is 2.56 bits per heavy atom. The first-order valence-electron chi connectivity index (χ1n) is 8.34. The highest BCUT2D eigenvalue weighted by molar-refractivity contribution is 6.22. The normalized spacial score (nSPS) is 16.5. The molecule has 3 amide bonds. The van der Waals surface area contributed by atoms with E-state index in [1.54, 1.807) is 18.2 Å². The van der Waals surface area contributed by atoms with Gasteiger partial charge in [0, 0.05) is 23.4 Å². The summed E-state index contributed by atoms with van der Waals surface area (Å²) in [7, 11) is 0. The minimum atomic E-state index is -0.366. The molecule has 0 unspecified atom stereocenters. The molecule has 1 fully saturated rings. The van der Waals surface area contributed by atoms with E-state index in [1.807, 2.05) is 13.8 Å². The first-order valence-corrected chi connectivity index (χ1v) is 8.34. The van der Waals surface area contributed by atoms with Gasteiger partial charge in [0.1, 0.15) is 0 Å². The highest BCUT2D eigenvalue weighted by Gasteiger charge is 2.44. The molecule has 0 bridgehead atoms. The molecule has 1 aliphatic heterocycles. The lowest BCUT2D eigenvalue weighted by molar-refractivity contribution is 0.0642. The van der Waals surface area contributed by atoms with Crippen molar-refractivity contribution < 1.29 is 14.4 Å². The molecule has 1 aromatic heterocycles. The second-order valence-corrected chi connectivity index (χ2v) is 6.79. The third-order valence-corrected chi connectivity index (χ3v) is 4.55. The van der Waals surface area contributed by atoms with Crippen molar-refractivity contribution in [1.29, 1.82) is 0 Å². The van der Waals surface area contributed by atoms with Crippen LogP contribution >= 0.6 is 0 Å². The van der Waals surface area contributed by atoms with E-state index in [9.17, 15) is 14.4 Å². The van der Waals surface area contributed by atoms with Gasteiger partial charge in [0.05, 0.1) is 11.1 Å². The minimum Gasteiger partial charge on any atom is -0.305 e. The number of aromatic nitrogens is 2. The lowest BCUT2D eigenvalue weighted by Crippen LogP contribution is -2.31. The van der Waals surface area contributed by atoms with Crippen molar-refractivity contribution in [2.45, 2.75) is 38.6 Å². The third-order valence-electron chi connectivity index (χ3n) is 4.55. The van der Waals surface area contributed by atoms with Crippen molar-refractivity contribution in [1.82, 2.24) is 15.1 Å². The summed E-state index contributed by atoms with van der Waals surface area (Å²) in [5, 5.41) is 9.64. The number of benzene rings is 1. The van der Waals surface area contributed by atoms with Gasteiger partial charge < -0.3 is 5.32 Å². The first kappa shape index (κ1) is 15.6. The lowest BCUT2D eigenvalue weighted by Gasteiger charge is -2.11. The molecule has 2 heterocycles. The number of carbonyl (C=O) groups is 3. The summed E-state index contributed by atoms with van der Waals surface area (Å²) in [6.07, 6.45) is 1.71. The highest BCUT2D eigenvalue weighted by atomic mass is 16.2. The highest BCUT2D eigenvalue weighted by Crippen LogP contribution is 2.34. The molecule has 2 N–H and O–H groups in total. The molecule has 1 aromatic carbocycles. The van der Waals surface area contributed by atoms with Gasteiger partial charge in [0.2, 0.25) is 0 Å². The zero-order valence-electron chi connectivity index (χ0n) is 14.0. The standard InChI is InChI=1S/C18H18N4O3/c1-9(2)14-8-15(21-20-14)19-16(23)10-3-6-12-13(7-10)18(25)22(17(12)24)11-4-5-11/h3,6-9,11H,4-5H2,1-2H3,(H2,19,20,21,23). The number of aromatic amines is 1. The topological polar surface area (TPSA) is 95.2 Å².